The minimum absolute atomic E-state index is 0.0292. The van der Waals surface area contributed by atoms with Crippen LogP contribution in [0.25, 0.3) is 11.0 Å². The van der Waals surface area contributed by atoms with Crippen LogP contribution < -0.4 is 10.3 Å². The van der Waals surface area contributed by atoms with E-state index in [4.69, 9.17) is 4.42 Å². The Morgan fingerprint density at radius 3 is 3.00 bits per heavy atom. The molecular formula is C14H14N3O2S+. The highest BCUT2D eigenvalue weighted by atomic mass is 32.2. The van der Waals surface area contributed by atoms with E-state index >= 15 is 0 Å². The van der Waals surface area contributed by atoms with Crippen molar-refractivity contribution in [1.82, 2.24) is 10.3 Å². The highest BCUT2D eigenvalue weighted by Crippen LogP contribution is 2.14. The lowest BCUT2D eigenvalue weighted by Crippen LogP contribution is -2.24. The zero-order valence-electron chi connectivity index (χ0n) is 10.7. The summed E-state index contributed by atoms with van der Waals surface area (Å²) in [5.74, 6) is 1.07. The minimum atomic E-state index is -0.0292. The zero-order valence-corrected chi connectivity index (χ0v) is 11.5. The van der Waals surface area contributed by atoms with Crippen molar-refractivity contribution < 1.29 is 14.2 Å². The standard InChI is InChI=1S/C14H13N3O2S/c18-13(15-8-10-4-3-7-19-10)9-20-14-16-11-5-1-2-6-12(11)17-14/h1-7H,8-9H2,(H,15,18)(H,16,17)/p+1. The summed E-state index contributed by atoms with van der Waals surface area (Å²) < 4.78 is 5.15. The van der Waals surface area contributed by atoms with Gasteiger partial charge in [-0.3, -0.25) is 4.79 Å². The van der Waals surface area contributed by atoms with E-state index < -0.39 is 0 Å². The SMILES string of the molecule is O=C(CSc1[nH]c2ccccc2[nH+]1)NCc1ccco1. The van der Waals surface area contributed by atoms with Crippen molar-refractivity contribution in [3.05, 3.63) is 48.4 Å². The normalized spacial score (nSPS) is 10.8. The number of aromatic amines is 2. The molecule has 0 radical (unpaired) electrons. The van der Waals surface area contributed by atoms with E-state index in [1.165, 1.54) is 11.8 Å². The Balaban J connectivity index is 1.52. The fourth-order valence-corrected chi connectivity index (χ4v) is 2.58. The summed E-state index contributed by atoms with van der Waals surface area (Å²) >= 11 is 1.44. The number of benzene rings is 1. The van der Waals surface area contributed by atoms with Crippen LogP contribution >= 0.6 is 11.8 Å². The van der Waals surface area contributed by atoms with E-state index in [1.807, 2.05) is 30.3 Å². The van der Waals surface area contributed by atoms with Crippen LogP contribution in [0.3, 0.4) is 0 Å². The fourth-order valence-electron chi connectivity index (χ4n) is 1.84. The molecule has 0 aliphatic rings. The Morgan fingerprint density at radius 1 is 1.30 bits per heavy atom. The van der Waals surface area contributed by atoms with Crippen LogP contribution in [-0.4, -0.2) is 16.6 Å². The molecule has 5 nitrogen and oxygen atoms in total. The van der Waals surface area contributed by atoms with Crippen molar-refractivity contribution in [3.63, 3.8) is 0 Å². The van der Waals surface area contributed by atoms with Gasteiger partial charge in [0, 0.05) is 0 Å². The third-order valence-electron chi connectivity index (χ3n) is 2.81. The first kappa shape index (κ1) is 12.8. The van der Waals surface area contributed by atoms with Gasteiger partial charge in [0.15, 0.2) is 11.0 Å². The third kappa shape index (κ3) is 3.03. The Bertz CT molecular complexity index is 673. The molecule has 0 fully saturated rings. The number of aromatic nitrogens is 2. The molecule has 2 heterocycles. The third-order valence-corrected chi connectivity index (χ3v) is 3.71. The monoisotopic (exact) mass is 288 g/mol. The molecule has 2 aromatic heterocycles. The number of thioether (sulfide) groups is 1. The molecule has 0 aliphatic heterocycles. The average molecular weight is 288 g/mol. The number of carbonyl (C=O) groups is 1. The van der Waals surface area contributed by atoms with Crippen molar-refractivity contribution in [2.24, 2.45) is 0 Å². The number of hydrogen-bond donors (Lipinski definition) is 2. The van der Waals surface area contributed by atoms with E-state index in [0.29, 0.717) is 12.3 Å². The summed E-state index contributed by atoms with van der Waals surface area (Å²) in [4.78, 5) is 18.2. The molecule has 0 aliphatic carbocycles. The van der Waals surface area contributed by atoms with E-state index in [0.717, 1.165) is 22.0 Å². The van der Waals surface area contributed by atoms with Crippen molar-refractivity contribution in [3.8, 4) is 0 Å². The Hall–Kier alpha value is -2.21. The van der Waals surface area contributed by atoms with Gasteiger partial charge in [0.2, 0.25) is 5.91 Å². The number of amides is 1. The molecule has 0 saturated heterocycles. The summed E-state index contributed by atoms with van der Waals surface area (Å²) in [6.45, 7) is 0.419. The molecule has 0 spiro atoms. The highest BCUT2D eigenvalue weighted by Gasteiger charge is 2.12. The largest absolute Gasteiger partial charge is 0.467 e. The zero-order chi connectivity index (χ0) is 13.8. The van der Waals surface area contributed by atoms with Gasteiger partial charge in [-0.25, -0.2) is 9.97 Å². The molecule has 102 valence electrons. The summed E-state index contributed by atoms with van der Waals surface area (Å²) in [6.07, 6.45) is 1.59. The maximum absolute atomic E-state index is 11.7. The smallest absolute Gasteiger partial charge is 0.315 e. The van der Waals surface area contributed by atoms with Crippen molar-refractivity contribution in [1.29, 1.82) is 0 Å². The van der Waals surface area contributed by atoms with E-state index in [1.54, 1.807) is 12.3 Å². The molecule has 20 heavy (non-hydrogen) atoms. The van der Waals surface area contributed by atoms with Gasteiger partial charge in [0.25, 0.3) is 0 Å². The van der Waals surface area contributed by atoms with Gasteiger partial charge in [-0.2, -0.15) is 0 Å². The minimum Gasteiger partial charge on any atom is -0.467 e. The number of carbonyl (C=O) groups excluding carboxylic acids is 1. The molecule has 3 rings (SSSR count). The number of imidazole rings is 1. The van der Waals surface area contributed by atoms with E-state index in [-0.39, 0.29) is 5.91 Å². The summed E-state index contributed by atoms with van der Waals surface area (Å²) in [5.41, 5.74) is 2.07. The van der Waals surface area contributed by atoms with E-state index in [2.05, 4.69) is 15.3 Å². The lowest BCUT2D eigenvalue weighted by Gasteiger charge is -2.00. The number of hydrogen-bond acceptors (Lipinski definition) is 3. The quantitative estimate of drug-likeness (QED) is 0.705. The average Bonchev–Trinajstić information content (AvgIpc) is 3.11. The Morgan fingerprint density at radius 2 is 2.20 bits per heavy atom. The van der Waals surface area contributed by atoms with Crippen LogP contribution in [0.1, 0.15) is 5.76 Å². The summed E-state index contributed by atoms with van der Waals surface area (Å²) in [7, 11) is 0. The van der Waals surface area contributed by atoms with Crippen LogP contribution in [0, 0.1) is 0 Å². The molecule has 3 N–H and O–H groups in total. The number of para-hydroxylation sites is 2. The number of nitrogens with one attached hydrogen (secondary N) is 3. The molecule has 0 bridgehead atoms. The number of furan rings is 1. The van der Waals surface area contributed by atoms with E-state index in [9.17, 15) is 4.79 Å². The van der Waals surface area contributed by atoms with Gasteiger partial charge < -0.3 is 9.73 Å². The lowest BCUT2D eigenvalue weighted by atomic mass is 10.3. The summed E-state index contributed by atoms with van der Waals surface area (Å²) in [5, 5.41) is 3.68. The summed E-state index contributed by atoms with van der Waals surface area (Å²) in [6, 6.07) is 11.6. The van der Waals surface area contributed by atoms with Crippen LogP contribution in [0.5, 0.6) is 0 Å². The van der Waals surface area contributed by atoms with Gasteiger partial charge in [-0.05, 0) is 36.0 Å². The van der Waals surface area contributed by atoms with Gasteiger partial charge in [-0.1, -0.05) is 12.1 Å². The molecule has 1 aromatic carbocycles. The maximum Gasteiger partial charge on any atom is 0.315 e. The number of rotatable bonds is 5. The highest BCUT2D eigenvalue weighted by molar-refractivity contribution is 7.99. The van der Waals surface area contributed by atoms with Gasteiger partial charge in [0.05, 0.1) is 18.6 Å². The number of fused-ring (bicyclic) bond motifs is 1. The van der Waals surface area contributed by atoms with Crippen LogP contribution in [0.15, 0.2) is 52.2 Å². The first-order valence-electron chi connectivity index (χ1n) is 6.23. The molecule has 1 amide bonds. The molecule has 0 saturated carbocycles. The predicted molar refractivity (Wildman–Crippen MR) is 76.1 cm³/mol. The predicted octanol–water partition coefficient (Wildman–Crippen LogP) is 1.98. The lowest BCUT2D eigenvalue weighted by molar-refractivity contribution is -0.396. The second kappa shape index (κ2) is 5.83. The molecular weight excluding hydrogens is 274 g/mol. The first-order chi connectivity index (χ1) is 9.81. The second-order valence-electron chi connectivity index (χ2n) is 4.27. The van der Waals surface area contributed by atoms with Crippen LogP contribution in [-0.2, 0) is 11.3 Å². The van der Waals surface area contributed by atoms with Crippen LogP contribution in [0.2, 0.25) is 0 Å². The maximum atomic E-state index is 11.7. The van der Waals surface area contributed by atoms with Gasteiger partial charge in [0.1, 0.15) is 5.76 Å². The Kier molecular flexibility index (Phi) is 3.73. The molecule has 3 aromatic rings. The molecule has 0 atom stereocenters. The van der Waals surface area contributed by atoms with Crippen molar-refractivity contribution in [2.45, 2.75) is 11.7 Å². The molecule has 0 unspecified atom stereocenters. The first-order valence-corrected chi connectivity index (χ1v) is 7.22. The molecule has 6 heteroatoms. The topological polar surface area (TPSA) is 72.2 Å². The van der Waals surface area contributed by atoms with Crippen molar-refractivity contribution in [2.75, 3.05) is 5.75 Å². The Labute approximate surface area is 119 Å². The second-order valence-corrected chi connectivity index (χ2v) is 5.26. The number of H-pyrrole nitrogens is 2. The van der Waals surface area contributed by atoms with Gasteiger partial charge in [-0.15, -0.1) is 0 Å². The van der Waals surface area contributed by atoms with Gasteiger partial charge >= 0.3 is 5.16 Å². The fraction of sp³-hybridized carbons (Fsp3) is 0.143. The van der Waals surface area contributed by atoms with Crippen molar-refractivity contribution >= 4 is 28.7 Å². The van der Waals surface area contributed by atoms with Crippen LogP contribution in [0.4, 0.5) is 0 Å².